The van der Waals surface area contributed by atoms with E-state index in [1.165, 1.54) is 31.2 Å². The minimum absolute atomic E-state index is 0.0328. The van der Waals surface area contributed by atoms with Gasteiger partial charge in [0.25, 0.3) is 5.69 Å². The lowest BCUT2D eigenvalue weighted by molar-refractivity contribution is -0.384. The highest BCUT2D eigenvalue weighted by molar-refractivity contribution is 6.02. The summed E-state index contributed by atoms with van der Waals surface area (Å²) >= 11 is 0. The number of benzene rings is 1. The molecule has 9 heteroatoms. The van der Waals surface area contributed by atoms with Crippen LogP contribution in [-0.2, 0) is 23.9 Å². The standard InChI is InChI=1S/C23H31NO8/c1-13(2)11-31-21(26)19-17(25)10-23(5,28)20(22(27)32-12-14(3)4)18(19)15-6-8-16(9-7-15)24(29)30/h6-9,13-14,18-20,28H,10-12H2,1-5H3. The summed E-state index contributed by atoms with van der Waals surface area (Å²) in [7, 11) is 0. The molecule has 0 radical (unpaired) electrons. The Labute approximate surface area is 187 Å². The molecule has 1 N–H and O–H groups in total. The molecule has 0 saturated heterocycles. The second-order valence-electron chi connectivity index (χ2n) is 9.38. The molecule has 1 saturated carbocycles. The van der Waals surface area contributed by atoms with E-state index in [1.54, 1.807) is 0 Å². The maximum Gasteiger partial charge on any atom is 0.317 e. The Morgan fingerprint density at radius 3 is 2.06 bits per heavy atom. The first kappa shape index (κ1) is 25.5. The SMILES string of the molecule is CC(C)COC(=O)C1C(=O)CC(C)(O)C(C(=O)OCC(C)C)C1c1ccc([N+](=O)[O-])cc1. The summed E-state index contributed by atoms with van der Waals surface area (Å²) in [6.45, 7) is 8.97. The Hall–Kier alpha value is -2.81. The molecule has 2 rings (SSSR count). The van der Waals surface area contributed by atoms with Crippen molar-refractivity contribution >= 4 is 23.4 Å². The van der Waals surface area contributed by atoms with Crippen LogP contribution in [0.5, 0.6) is 0 Å². The summed E-state index contributed by atoms with van der Waals surface area (Å²) in [4.78, 5) is 49.4. The summed E-state index contributed by atoms with van der Waals surface area (Å²) < 4.78 is 10.7. The van der Waals surface area contributed by atoms with E-state index < -0.39 is 52.4 Å². The van der Waals surface area contributed by atoms with Crippen molar-refractivity contribution in [2.24, 2.45) is 23.7 Å². The number of Topliss-reactive ketones (excluding diaryl/α,β-unsaturated/α-hetero) is 1. The van der Waals surface area contributed by atoms with Crippen molar-refractivity contribution in [2.75, 3.05) is 13.2 Å². The molecule has 0 spiro atoms. The lowest BCUT2D eigenvalue weighted by atomic mass is 9.61. The monoisotopic (exact) mass is 449 g/mol. The minimum Gasteiger partial charge on any atom is -0.465 e. The van der Waals surface area contributed by atoms with Gasteiger partial charge in [0.05, 0.1) is 29.7 Å². The molecular formula is C23H31NO8. The lowest BCUT2D eigenvalue weighted by Crippen LogP contribution is -2.55. The molecule has 4 atom stereocenters. The van der Waals surface area contributed by atoms with Gasteiger partial charge in [-0.1, -0.05) is 39.8 Å². The van der Waals surface area contributed by atoms with Gasteiger partial charge in [0.2, 0.25) is 0 Å². The molecule has 176 valence electrons. The fourth-order valence-corrected chi connectivity index (χ4v) is 3.91. The number of non-ortho nitro benzene ring substituents is 1. The maximum atomic E-state index is 13.1. The zero-order valence-electron chi connectivity index (χ0n) is 19.1. The van der Waals surface area contributed by atoms with Crippen molar-refractivity contribution in [1.82, 2.24) is 0 Å². The molecule has 1 fully saturated rings. The number of hydrogen-bond acceptors (Lipinski definition) is 8. The van der Waals surface area contributed by atoms with E-state index in [4.69, 9.17) is 9.47 Å². The molecule has 0 heterocycles. The fraction of sp³-hybridized carbons (Fsp3) is 0.609. The maximum absolute atomic E-state index is 13.1. The van der Waals surface area contributed by atoms with Crippen LogP contribution < -0.4 is 0 Å². The Morgan fingerprint density at radius 1 is 1.09 bits per heavy atom. The van der Waals surface area contributed by atoms with E-state index in [-0.39, 0.29) is 30.7 Å². The predicted molar refractivity (Wildman–Crippen MR) is 115 cm³/mol. The first-order chi connectivity index (χ1) is 14.8. The zero-order chi connectivity index (χ0) is 24.2. The zero-order valence-corrected chi connectivity index (χ0v) is 19.1. The molecule has 0 amide bonds. The fourth-order valence-electron chi connectivity index (χ4n) is 3.91. The first-order valence-corrected chi connectivity index (χ1v) is 10.7. The van der Waals surface area contributed by atoms with E-state index in [0.717, 1.165) is 0 Å². The second kappa shape index (κ2) is 10.2. The largest absolute Gasteiger partial charge is 0.465 e. The number of esters is 2. The van der Waals surface area contributed by atoms with Gasteiger partial charge < -0.3 is 14.6 Å². The van der Waals surface area contributed by atoms with Crippen molar-refractivity contribution in [1.29, 1.82) is 0 Å². The number of carbonyl (C=O) groups excluding carboxylic acids is 3. The van der Waals surface area contributed by atoms with Crippen LogP contribution in [0, 0.1) is 33.8 Å². The van der Waals surface area contributed by atoms with Crippen LogP contribution in [0.4, 0.5) is 5.69 Å². The Kier molecular flexibility index (Phi) is 8.12. The number of carbonyl (C=O) groups is 3. The molecule has 9 nitrogen and oxygen atoms in total. The quantitative estimate of drug-likeness (QED) is 0.277. The average Bonchev–Trinajstić information content (AvgIpc) is 2.69. The minimum atomic E-state index is -1.77. The van der Waals surface area contributed by atoms with E-state index in [2.05, 4.69) is 0 Å². The topological polar surface area (TPSA) is 133 Å². The molecule has 0 bridgehead atoms. The van der Waals surface area contributed by atoms with Gasteiger partial charge in [0, 0.05) is 24.5 Å². The number of nitro groups is 1. The third-order valence-electron chi connectivity index (χ3n) is 5.38. The summed E-state index contributed by atoms with van der Waals surface area (Å²) in [6, 6.07) is 5.25. The third-order valence-corrected chi connectivity index (χ3v) is 5.38. The van der Waals surface area contributed by atoms with Gasteiger partial charge in [0.15, 0.2) is 5.78 Å². The van der Waals surface area contributed by atoms with Gasteiger partial charge in [-0.25, -0.2) is 0 Å². The average molecular weight is 450 g/mol. The molecule has 32 heavy (non-hydrogen) atoms. The van der Waals surface area contributed by atoms with E-state index in [9.17, 15) is 29.6 Å². The number of aliphatic hydroxyl groups is 1. The van der Waals surface area contributed by atoms with Crippen molar-refractivity contribution in [3.05, 3.63) is 39.9 Å². The molecule has 0 aliphatic heterocycles. The van der Waals surface area contributed by atoms with E-state index in [0.29, 0.717) is 5.56 Å². The van der Waals surface area contributed by atoms with Crippen molar-refractivity contribution in [2.45, 2.75) is 52.6 Å². The number of ether oxygens (including phenoxy) is 2. The molecule has 0 aromatic heterocycles. The molecule has 1 aliphatic carbocycles. The van der Waals surface area contributed by atoms with Crippen LogP contribution in [-0.4, -0.2) is 46.6 Å². The van der Waals surface area contributed by atoms with Gasteiger partial charge in [0.1, 0.15) is 5.92 Å². The van der Waals surface area contributed by atoms with E-state index >= 15 is 0 Å². The van der Waals surface area contributed by atoms with Crippen LogP contribution in [0.25, 0.3) is 0 Å². The Morgan fingerprint density at radius 2 is 1.59 bits per heavy atom. The summed E-state index contributed by atoms with van der Waals surface area (Å²) in [5.74, 6) is -5.68. The summed E-state index contributed by atoms with van der Waals surface area (Å²) in [5.41, 5.74) is -1.62. The molecule has 1 aromatic carbocycles. The van der Waals surface area contributed by atoms with Gasteiger partial charge in [-0.2, -0.15) is 0 Å². The first-order valence-electron chi connectivity index (χ1n) is 10.7. The second-order valence-corrected chi connectivity index (χ2v) is 9.38. The highest BCUT2D eigenvalue weighted by atomic mass is 16.6. The number of ketones is 1. The highest BCUT2D eigenvalue weighted by Crippen LogP contribution is 2.47. The predicted octanol–water partition coefficient (Wildman–Crippen LogP) is 3.03. The number of nitrogens with zero attached hydrogens (tertiary/aromatic N) is 1. The normalized spacial score (nSPS) is 25.6. The third kappa shape index (κ3) is 5.91. The van der Waals surface area contributed by atoms with Gasteiger partial charge in [-0.05, 0) is 24.3 Å². The van der Waals surface area contributed by atoms with Crippen molar-refractivity contribution in [3.63, 3.8) is 0 Å². The number of nitro benzene ring substituents is 1. The Balaban J connectivity index is 2.55. The molecular weight excluding hydrogens is 418 g/mol. The van der Waals surface area contributed by atoms with Gasteiger partial charge in [-0.3, -0.25) is 24.5 Å². The summed E-state index contributed by atoms with van der Waals surface area (Å²) in [6.07, 6.45) is -0.417. The molecule has 1 aliphatic rings. The lowest BCUT2D eigenvalue weighted by Gasteiger charge is -2.43. The summed E-state index contributed by atoms with van der Waals surface area (Å²) in [5, 5.41) is 22.1. The van der Waals surface area contributed by atoms with Crippen molar-refractivity contribution in [3.8, 4) is 0 Å². The van der Waals surface area contributed by atoms with Gasteiger partial charge >= 0.3 is 11.9 Å². The van der Waals surface area contributed by atoms with E-state index in [1.807, 2.05) is 27.7 Å². The van der Waals surface area contributed by atoms with Crippen LogP contribution in [0.1, 0.15) is 52.5 Å². The van der Waals surface area contributed by atoms with Crippen LogP contribution >= 0.6 is 0 Å². The van der Waals surface area contributed by atoms with Crippen LogP contribution in [0.2, 0.25) is 0 Å². The molecule has 4 unspecified atom stereocenters. The van der Waals surface area contributed by atoms with Crippen LogP contribution in [0.3, 0.4) is 0 Å². The van der Waals surface area contributed by atoms with Gasteiger partial charge in [-0.15, -0.1) is 0 Å². The molecule has 1 aromatic rings. The number of hydrogen-bond donors (Lipinski definition) is 1. The Bertz CT molecular complexity index is 859. The van der Waals surface area contributed by atoms with Crippen molar-refractivity contribution < 1.29 is 33.9 Å². The highest BCUT2D eigenvalue weighted by Gasteiger charge is 2.57. The van der Waals surface area contributed by atoms with Crippen LogP contribution in [0.15, 0.2) is 24.3 Å². The smallest absolute Gasteiger partial charge is 0.317 e. The number of rotatable bonds is 8.